The highest BCUT2D eigenvalue weighted by Gasteiger charge is 2.33. The van der Waals surface area contributed by atoms with Crippen molar-refractivity contribution >= 4 is 21.8 Å². The van der Waals surface area contributed by atoms with Crippen molar-refractivity contribution in [2.75, 3.05) is 18.8 Å². The van der Waals surface area contributed by atoms with Gasteiger partial charge in [0.2, 0.25) is 5.91 Å². The van der Waals surface area contributed by atoms with Crippen LogP contribution in [0, 0.1) is 17.6 Å². The highest BCUT2D eigenvalue weighted by Crippen LogP contribution is 2.22. The summed E-state index contributed by atoms with van der Waals surface area (Å²) < 4.78 is 60.6. The summed E-state index contributed by atoms with van der Waals surface area (Å²) in [6.07, 6.45) is 4.78. The number of hydrogen-bond donors (Lipinski definition) is 4. The molecular formula is C37H55F2N3O6S. The molecule has 0 radical (unpaired) electrons. The van der Waals surface area contributed by atoms with Gasteiger partial charge in [-0.15, -0.1) is 0 Å². The number of aliphatic hydroxyl groups excluding tert-OH is 1. The number of nitrogens with one attached hydrogen (secondary N) is 3. The second-order valence-electron chi connectivity index (χ2n) is 13.2. The molecule has 0 bridgehead atoms. The lowest BCUT2D eigenvalue weighted by molar-refractivity contribution is -0.125. The number of halogens is 2. The van der Waals surface area contributed by atoms with E-state index >= 15 is 0 Å². The van der Waals surface area contributed by atoms with Crippen molar-refractivity contribution in [1.29, 1.82) is 0 Å². The maximum atomic E-state index is 13.9. The van der Waals surface area contributed by atoms with E-state index < -0.39 is 62.5 Å². The Balaban J connectivity index is 1.79. The monoisotopic (exact) mass is 707 g/mol. The predicted octanol–water partition coefficient (Wildman–Crippen LogP) is 5.76. The van der Waals surface area contributed by atoms with Gasteiger partial charge in [-0.25, -0.2) is 22.0 Å². The zero-order valence-electron chi connectivity index (χ0n) is 29.2. The average molecular weight is 708 g/mol. The van der Waals surface area contributed by atoms with Gasteiger partial charge in [0.25, 0.3) is 0 Å². The van der Waals surface area contributed by atoms with E-state index in [2.05, 4.69) is 28.9 Å². The molecular weight excluding hydrogens is 652 g/mol. The fourth-order valence-corrected chi connectivity index (χ4v) is 8.69. The normalized spacial score (nSPS) is 15.6. The number of carbonyl (C=O) groups excluding carboxylic acids is 2. The summed E-state index contributed by atoms with van der Waals surface area (Å²) in [4.78, 5) is 26.5. The first-order valence-electron chi connectivity index (χ1n) is 17.8. The molecule has 9 nitrogen and oxygen atoms in total. The quantitative estimate of drug-likeness (QED) is 0.130. The SMILES string of the molecule is CCCC(CCC)S(=O)(=O)CC(CNC(=O)OC1CCCC1)C(=O)N[C@@H](CCc1cc(F)cc(F)c1)[C@H](O)CNCc1cccc(CC)c1. The van der Waals surface area contributed by atoms with Crippen LogP contribution in [0.25, 0.3) is 0 Å². The molecule has 1 unspecified atom stereocenters. The third-order valence-electron chi connectivity index (χ3n) is 9.14. The van der Waals surface area contributed by atoms with Crippen molar-refractivity contribution in [3.63, 3.8) is 0 Å². The van der Waals surface area contributed by atoms with Crippen LogP contribution in [-0.4, -0.2) is 67.9 Å². The molecule has 1 fully saturated rings. The van der Waals surface area contributed by atoms with Crippen LogP contribution in [0.2, 0.25) is 0 Å². The van der Waals surface area contributed by atoms with Crippen LogP contribution < -0.4 is 16.0 Å². The Kier molecular flexibility index (Phi) is 16.9. The molecule has 3 rings (SSSR count). The second-order valence-corrected chi connectivity index (χ2v) is 15.5. The van der Waals surface area contributed by atoms with E-state index in [1.165, 1.54) is 17.7 Å². The highest BCUT2D eigenvalue weighted by molar-refractivity contribution is 7.92. The summed E-state index contributed by atoms with van der Waals surface area (Å²) in [5, 5.41) is 19.3. The molecule has 12 heteroatoms. The zero-order chi connectivity index (χ0) is 35.8. The van der Waals surface area contributed by atoms with Gasteiger partial charge in [-0.3, -0.25) is 4.79 Å². The van der Waals surface area contributed by atoms with E-state index in [1.807, 2.05) is 32.0 Å². The molecule has 2 aromatic carbocycles. The van der Waals surface area contributed by atoms with Crippen molar-refractivity contribution in [3.8, 4) is 0 Å². The third kappa shape index (κ3) is 14.0. The summed E-state index contributed by atoms with van der Waals surface area (Å²) in [5.74, 6) is -3.77. The molecule has 274 valence electrons. The smallest absolute Gasteiger partial charge is 0.407 e. The van der Waals surface area contributed by atoms with Gasteiger partial charge in [0.05, 0.1) is 29.1 Å². The minimum absolute atomic E-state index is 0.0861. The Morgan fingerprint density at radius 2 is 1.57 bits per heavy atom. The lowest BCUT2D eigenvalue weighted by atomic mass is 9.99. The molecule has 49 heavy (non-hydrogen) atoms. The highest BCUT2D eigenvalue weighted by atomic mass is 32.2. The number of amides is 2. The van der Waals surface area contributed by atoms with Gasteiger partial charge in [-0.1, -0.05) is 57.9 Å². The van der Waals surface area contributed by atoms with Crippen LogP contribution in [0.15, 0.2) is 42.5 Å². The molecule has 3 atom stereocenters. The minimum Gasteiger partial charge on any atom is -0.446 e. The number of ether oxygens (including phenoxy) is 1. The summed E-state index contributed by atoms with van der Waals surface area (Å²) >= 11 is 0. The molecule has 0 aliphatic heterocycles. The minimum atomic E-state index is -3.74. The fourth-order valence-electron chi connectivity index (χ4n) is 6.40. The largest absolute Gasteiger partial charge is 0.446 e. The summed E-state index contributed by atoms with van der Waals surface area (Å²) in [6.45, 7) is 6.16. The van der Waals surface area contributed by atoms with E-state index in [0.717, 1.165) is 43.7 Å². The van der Waals surface area contributed by atoms with Crippen LogP contribution in [0.5, 0.6) is 0 Å². The Hall–Kier alpha value is -3.09. The van der Waals surface area contributed by atoms with E-state index in [-0.39, 0.29) is 32.0 Å². The van der Waals surface area contributed by atoms with Gasteiger partial charge >= 0.3 is 6.09 Å². The van der Waals surface area contributed by atoms with Crippen LogP contribution in [0.3, 0.4) is 0 Å². The first-order chi connectivity index (χ1) is 23.4. The lowest BCUT2D eigenvalue weighted by Gasteiger charge is -2.28. The van der Waals surface area contributed by atoms with Gasteiger partial charge in [-0.05, 0) is 86.6 Å². The molecule has 1 aliphatic carbocycles. The van der Waals surface area contributed by atoms with E-state index in [1.54, 1.807) is 0 Å². The van der Waals surface area contributed by atoms with Crippen LogP contribution in [0.4, 0.5) is 13.6 Å². The van der Waals surface area contributed by atoms with Gasteiger partial charge in [-0.2, -0.15) is 0 Å². The predicted molar refractivity (Wildman–Crippen MR) is 188 cm³/mol. The van der Waals surface area contributed by atoms with Crippen molar-refractivity contribution < 1.29 is 36.6 Å². The maximum absolute atomic E-state index is 13.9. The van der Waals surface area contributed by atoms with Gasteiger partial charge in [0.15, 0.2) is 9.84 Å². The van der Waals surface area contributed by atoms with Gasteiger partial charge in [0.1, 0.15) is 17.7 Å². The first-order valence-corrected chi connectivity index (χ1v) is 19.5. The molecule has 0 spiro atoms. The van der Waals surface area contributed by atoms with Crippen LogP contribution in [0.1, 0.15) is 95.2 Å². The standard InChI is InChI=1S/C37H55F2N3O6S/c1-4-10-33(11-5-2)49(46,47)25-29(23-41-37(45)48-32-14-7-8-15-32)36(44)42-34(17-16-27-19-30(38)21-31(39)20-27)35(43)24-40-22-28-13-9-12-26(6-3)18-28/h9,12-13,18-21,29,32-35,40,43H,4-8,10-11,14-17,22-25H2,1-3H3,(H,41,45)(H,42,44)/t29?,34-,35+/m0/s1. The summed E-state index contributed by atoms with van der Waals surface area (Å²) in [6, 6.07) is 10.3. The molecule has 4 N–H and O–H groups in total. The summed E-state index contributed by atoms with van der Waals surface area (Å²) in [5.41, 5.74) is 2.55. The number of carbonyl (C=O) groups is 2. The van der Waals surface area contributed by atoms with Crippen molar-refractivity contribution in [2.45, 2.75) is 121 Å². The first kappa shape index (κ1) is 40.3. The number of rotatable bonds is 21. The zero-order valence-corrected chi connectivity index (χ0v) is 30.0. The van der Waals surface area contributed by atoms with E-state index in [4.69, 9.17) is 4.74 Å². The summed E-state index contributed by atoms with van der Waals surface area (Å²) in [7, 11) is -3.74. The topological polar surface area (TPSA) is 134 Å². The van der Waals surface area contributed by atoms with Gasteiger partial charge < -0.3 is 25.8 Å². The van der Waals surface area contributed by atoms with Crippen molar-refractivity contribution in [2.24, 2.45) is 5.92 Å². The number of sulfone groups is 1. The maximum Gasteiger partial charge on any atom is 0.407 e. The lowest BCUT2D eigenvalue weighted by Crippen LogP contribution is -2.52. The molecule has 1 saturated carbocycles. The number of aliphatic hydroxyl groups is 1. The Morgan fingerprint density at radius 3 is 2.20 bits per heavy atom. The molecule has 2 amide bonds. The number of alkyl carbamates (subject to hydrolysis) is 1. The molecule has 0 aromatic heterocycles. The Morgan fingerprint density at radius 1 is 0.918 bits per heavy atom. The number of aryl methyl sites for hydroxylation is 2. The van der Waals surface area contributed by atoms with E-state index in [9.17, 15) is 31.9 Å². The fraction of sp³-hybridized carbons (Fsp3) is 0.622. The third-order valence-corrected chi connectivity index (χ3v) is 11.5. The number of benzene rings is 2. The molecule has 2 aromatic rings. The second kappa shape index (κ2) is 20.6. The van der Waals surface area contributed by atoms with Gasteiger partial charge in [0, 0.05) is 25.7 Å². The molecule has 0 heterocycles. The Bertz CT molecular complexity index is 1410. The van der Waals surface area contributed by atoms with Crippen LogP contribution in [-0.2, 0) is 38.8 Å². The molecule has 1 aliphatic rings. The van der Waals surface area contributed by atoms with Crippen molar-refractivity contribution in [1.82, 2.24) is 16.0 Å². The molecule has 0 saturated heterocycles. The van der Waals surface area contributed by atoms with Crippen molar-refractivity contribution in [3.05, 3.63) is 70.8 Å². The van der Waals surface area contributed by atoms with Crippen LogP contribution >= 0.6 is 0 Å². The van der Waals surface area contributed by atoms with E-state index in [0.29, 0.717) is 37.8 Å². The number of hydrogen-bond acceptors (Lipinski definition) is 7. The Labute approximate surface area is 290 Å². The average Bonchev–Trinajstić information content (AvgIpc) is 3.57.